The molecule has 4 heteroatoms. The molecule has 0 saturated carbocycles. The number of quaternary nitrogens is 1. The summed E-state index contributed by atoms with van der Waals surface area (Å²) >= 11 is 0. The summed E-state index contributed by atoms with van der Waals surface area (Å²) < 4.78 is 5.67. The number of benzene rings is 3. The molecular weight excluding hydrogens is 360 g/mol. The van der Waals surface area contributed by atoms with Gasteiger partial charge in [0.2, 0.25) is 0 Å². The molecule has 1 atom stereocenters. The van der Waals surface area contributed by atoms with Gasteiger partial charge in [-0.3, -0.25) is 4.98 Å². The molecule has 0 N–H and O–H groups in total. The fourth-order valence-corrected chi connectivity index (χ4v) is 4.28. The van der Waals surface area contributed by atoms with Gasteiger partial charge in [0.1, 0.15) is 23.7 Å². The van der Waals surface area contributed by atoms with E-state index in [0.29, 0.717) is 13.1 Å². The first kappa shape index (κ1) is 17.9. The predicted octanol–water partition coefficient (Wildman–Crippen LogP) is 5.90. The average Bonchev–Trinajstić information content (AvgIpc) is 3.08. The van der Waals surface area contributed by atoms with E-state index in [-0.39, 0.29) is 4.65 Å². The van der Waals surface area contributed by atoms with Crippen molar-refractivity contribution in [2.75, 3.05) is 6.54 Å². The summed E-state index contributed by atoms with van der Waals surface area (Å²) in [6.07, 6.45) is 0.754. The van der Waals surface area contributed by atoms with Gasteiger partial charge in [-0.25, -0.2) is 0 Å². The topological polar surface area (TPSA) is 45.2 Å². The number of para-hydroxylation sites is 1. The minimum atomic E-state index is -0.353. The quantitative estimate of drug-likeness (QED) is 0.326. The van der Waals surface area contributed by atoms with Crippen LogP contribution < -0.4 is 9.38 Å². The van der Waals surface area contributed by atoms with E-state index in [1.165, 1.54) is 0 Å². The van der Waals surface area contributed by atoms with Gasteiger partial charge >= 0.3 is 0 Å². The maximum Gasteiger partial charge on any atom is 0.148 e. The highest BCUT2D eigenvalue weighted by Gasteiger charge is 2.35. The van der Waals surface area contributed by atoms with Crippen LogP contribution in [0.2, 0.25) is 0 Å². The molecule has 0 saturated heterocycles. The molecule has 29 heavy (non-hydrogen) atoms. The van der Waals surface area contributed by atoms with Gasteiger partial charge in [0.25, 0.3) is 0 Å². The Labute approximate surface area is 170 Å². The van der Waals surface area contributed by atoms with E-state index >= 15 is 0 Å². The summed E-state index contributed by atoms with van der Waals surface area (Å²) in [5.41, 5.74) is 4.77. The van der Waals surface area contributed by atoms with Gasteiger partial charge in [-0.05, 0) is 37.3 Å². The molecule has 144 valence electrons. The zero-order valence-corrected chi connectivity index (χ0v) is 16.3. The van der Waals surface area contributed by atoms with Crippen LogP contribution in [0.25, 0.3) is 10.9 Å². The number of fused-ring (bicyclic) bond motifs is 3. The second-order valence-electron chi connectivity index (χ2n) is 7.63. The Morgan fingerprint density at radius 1 is 0.931 bits per heavy atom. The number of pyridine rings is 1. The molecule has 1 aliphatic heterocycles. The lowest BCUT2D eigenvalue weighted by molar-refractivity contribution is 0.395. The van der Waals surface area contributed by atoms with E-state index in [9.17, 15) is 5.21 Å². The molecule has 1 aromatic heterocycles. The Kier molecular flexibility index (Phi) is 4.31. The highest BCUT2D eigenvalue weighted by molar-refractivity contribution is 5.95. The summed E-state index contributed by atoms with van der Waals surface area (Å²) in [6, 6.07) is 25.5. The number of hydrogen-bond acceptors (Lipinski definition) is 3. The monoisotopic (exact) mass is 382 g/mol. The van der Waals surface area contributed by atoms with Crippen LogP contribution in [0, 0.1) is 12.1 Å². The molecule has 4 aromatic rings. The molecule has 5 rings (SSSR count). The first-order chi connectivity index (χ1) is 14.1. The average molecular weight is 382 g/mol. The molecular formula is C25H22N2O2. The third-order valence-corrected chi connectivity index (χ3v) is 5.62. The molecule has 1 aliphatic rings. The second kappa shape index (κ2) is 6.99. The number of aromatic nitrogens is 1. The number of rotatable bonds is 4. The minimum absolute atomic E-state index is 0.353. The Bertz CT molecular complexity index is 1180. The number of ether oxygens (including phenoxy) is 1. The normalized spacial score (nSPS) is 18.0. The summed E-state index contributed by atoms with van der Waals surface area (Å²) in [7, 11) is 0. The lowest BCUT2D eigenvalue weighted by Gasteiger charge is -2.39. The third kappa shape index (κ3) is 3.27. The molecule has 1 unspecified atom stereocenters. The first-order valence-corrected chi connectivity index (χ1v) is 9.91. The van der Waals surface area contributed by atoms with Crippen LogP contribution in [0.1, 0.15) is 16.8 Å². The van der Waals surface area contributed by atoms with Crippen molar-refractivity contribution in [1.82, 2.24) is 9.63 Å². The van der Waals surface area contributed by atoms with Crippen molar-refractivity contribution in [2.24, 2.45) is 0 Å². The van der Waals surface area contributed by atoms with Gasteiger partial charge in [-0.1, -0.05) is 48.5 Å². The van der Waals surface area contributed by atoms with Crippen molar-refractivity contribution in [3.8, 4) is 11.5 Å². The van der Waals surface area contributed by atoms with Crippen molar-refractivity contribution in [3.05, 3.63) is 101 Å². The lowest BCUT2D eigenvalue weighted by atomic mass is 10.1. The van der Waals surface area contributed by atoms with Crippen molar-refractivity contribution < 1.29 is 4.74 Å². The van der Waals surface area contributed by atoms with E-state index in [2.05, 4.69) is 0 Å². The minimum Gasteiger partial charge on any atom is -0.627 e. The summed E-state index contributed by atoms with van der Waals surface area (Å²) in [4.78, 5) is 4.76. The van der Waals surface area contributed by atoms with Crippen LogP contribution >= 0.6 is 0 Å². The van der Waals surface area contributed by atoms with Crippen molar-refractivity contribution in [3.63, 3.8) is 0 Å². The fraction of sp³-hybridized carbons (Fsp3) is 0.160. The number of hydrogen-bond donors (Lipinski definition) is 0. The van der Waals surface area contributed by atoms with Crippen molar-refractivity contribution >= 4 is 16.6 Å². The second-order valence-corrected chi connectivity index (χ2v) is 7.63. The standard InChI is InChI=1S/C25H22N2O2/c1-18-22-14-15-27(28,17-19-8-4-2-5-9-19)25(22)23-16-21(12-13-24(23)26-18)29-20-10-6-3-7-11-20/h2-13,16H,14-15,17H2,1H3. The fourth-order valence-electron chi connectivity index (χ4n) is 4.28. The van der Waals surface area contributed by atoms with Gasteiger partial charge < -0.3 is 14.6 Å². The number of aryl methyl sites for hydroxylation is 1. The third-order valence-electron chi connectivity index (χ3n) is 5.62. The zero-order chi connectivity index (χ0) is 19.8. The van der Waals surface area contributed by atoms with Crippen LogP contribution in [0.5, 0.6) is 11.5 Å². The van der Waals surface area contributed by atoms with E-state index in [1.54, 1.807) is 0 Å². The zero-order valence-electron chi connectivity index (χ0n) is 16.3. The molecule has 0 aliphatic carbocycles. The molecule has 2 heterocycles. The smallest absolute Gasteiger partial charge is 0.148 e. The first-order valence-electron chi connectivity index (χ1n) is 9.91. The molecule has 0 radical (unpaired) electrons. The Hall–Kier alpha value is -3.21. The van der Waals surface area contributed by atoms with Gasteiger partial charge in [-0.2, -0.15) is 0 Å². The number of nitrogens with zero attached hydrogens (tertiary/aromatic N) is 2. The van der Waals surface area contributed by atoms with E-state index in [4.69, 9.17) is 9.72 Å². The van der Waals surface area contributed by atoms with E-state index < -0.39 is 0 Å². The highest BCUT2D eigenvalue weighted by Crippen LogP contribution is 2.43. The SMILES string of the molecule is Cc1nc2ccc(Oc3ccccc3)cc2c2c1CC[N+]2([O-])Cc1ccccc1. The maximum absolute atomic E-state index is 14.0. The predicted molar refractivity (Wildman–Crippen MR) is 117 cm³/mol. The van der Waals surface area contributed by atoms with Crippen LogP contribution in [0.4, 0.5) is 5.69 Å². The van der Waals surface area contributed by atoms with Gasteiger partial charge in [0, 0.05) is 23.2 Å². The van der Waals surface area contributed by atoms with Crippen molar-refractivity contribution in [1.29, 1.82) is 0 Å². The van der Waals surface area contributed by atoms with Gasteiger partial charge in [0.05, 0.1) is 17.4 Å². The Morgan fingerprint density at radius 3 is 2.41 bits per heavy atom. The lowest BCUT2D eigenvalue weighted by Crippen LogP contribution is -2.40. The Morgan fingerprint density at radius 2 is 1.66 bits per heavy atom. The molecule has 0 spiro atoms. The van der Waals surface area contributed by atoms with Gasteiger partial charge in [0.15, 0.2) is 0 Å². The summed E-state index contributed by atoms with van der Waals surface area (Å²) in [5, 5.41) is 14.9. The van der Waals surface area contributed by atoms with Crippen molar-refractivity contribution in [2.45, 2.75) is 19.9 Å². The molecule has 0 fully saturated rings. The van der Waals surface area contributed by atoms with Crippen LogP contribution in [0.15, 0.2) is 78.9 Å². The number of hydroxylamine groups is 2. The summed E-state index contributed by atoms with van der Waals surface area (Å²) in [6.45, 7) is 2.97. The largest absolute Gasteiger partial charge is 0.627 e. The maximum atomic E-state index is 14.0. The molecule has 0 amide bonds. The van der Waals surface area contributed by atoms with E-state index in [0.717, 1.165) is 51.3 Å². The Balaban J connectivity index is 1.62. The highest BCUT2D eigenvalue weighted by atomic mass is 16.5. The van der Waals surface area contributed by atoms with Crippen LogP contribution in [-0.2, 0) is 13.0 Å². The van der Waals surface area contributed by atoms with Crippen LogP contribution in [0.3, 0.4) is 0 Å². The van der Waals surface area contributed by atoms with Crippen LogP contribution in [-0.4, -0.2) is 11.5 Å². The van der Waals surface area contributed by atoms with Gasteiger partial charge in [-0.15, -0.1) is 0 Å². The van der Waals surface area contributed by atoms with E-state index in [1.807, 2.05) is 85.8 Å². The molecule has 4 nitrogen and oxygen atoms in total. The molecule has 3 aromatic carbocycles. The summed E-state index contributed by atoms with van der Waals surface area (Å²) in [5.74, 6) is 1.49. The molecule has 0 bridgehead atoms.